The number of amides is 1. The molecule has 0 atom stereocenters. The molecule has 1 heterocycles. The maximum absolute atomic E-state index is 12.0. The number of benzene rings is 1. The molecule has 0 unspecified atom stereocenters. The number of hydrogen-bond acceptors (Lipinski definition) is 5. The molecule has 0 fully saturated rings. The third kappa shape index (κ3) is 4.57. The third-order valence-electron chi connectivity index (χ3n) is 2.44. The minimum absolute atomic E-state index is 0.174. The van der Waals surface area contributed by atoms with Crippen molar-refractivity contribution < 1.29 is 4.79 Å². The molecule has 106 valence electrons. The Labute approximate surface area is 134 Å². The summed E-state index contributed by atoms with van der Waals surface area (Å²) in [4.78, 5) is 12.0. The largest absolute Gasteiger partial charge is 0.296 e. The van der Waals surface area contributed by atoms with Crippen LogP contribution in [0.5, 0.6) is 0 Å². The number of nitrogens with zero attached hydrogens (tertiary/aromatic N) is 2. The number of halogens is 1. The number of rotatable bonds is 6. The average molecular weight is 372 g/mol. The van der Waals surface area contributed by atoms with E-state index in [9.17, 15) is 4.79 Å². The Balaban J connectivity index is 1.94. The van der Waals surface area contributed by atoms with Crippen molar-refractivity contribution in [2.45, 2.75) is 24.1 Å². The normalized spacial score (nSPS) is 10.5. The summed E-state index contributed by atoms with van der Waals surface area (Å²) in [6.07, 6.45) is 2.32. The van der Waals surface area contributed by atoms with Gasteiger partial charge in [0.25, 0.3) is 5.91 Å². The highest BCUT2D eigenvalue weighted by atomic mass is 79.9. The van der Waals surface area contributed by atoms with Crippen molar-refractivity contribution in [1.82, 2.24) is 10.2 Å². The zero-order valence-electron chi connectivity index (χ0n) is 10.9. The lowest BCUT2D eigenvalue weighted by atomic mass is 10.2. The number of anilines is 1. The summed E-state index contributed by atoms with van der Waals surface area (Å²) in [5.41, 5.74) is 0.592. The molecule has 1 aromatic carbocycles. The highest BCUT2D eigenvalue weighted by Crippen LogP contribution is 2.26. The smallest absolute Gasteiger partial charge is 0.257 e. The van der Waals surface area contributed by atoms with Gasteiger partial charge in [-0.25, -0.2) is 0 Å². The summed E-state index contributed by atoms with van der Waals surface area (Å²) in [5.74, 6) is 0.859. The summed E-state index contributed by atoms with van der Waals surface area (Å²) in [6.45, 7) is 2.16. The fourth-order valence-corrected chi connectivity index (χ4v) is 3.72. The van der Waals surface area contributed by atoms with Crippen LogP contribution in [0.1, 0.15) is 30.1 Å². The molecule has 0 aliphatic rings. The van der Waals surface area contributed by atoms with Crippen LogP contribution in [0.2, 0.25) is 0 Å². The van der Waals surface area contributed by atoms with Crippen LogP contribution in [0, 0.1) is 0 Å². The predicted octanol–water partition coefficient (Wildman–Crippen LogP) is 4.45. The summed E-state index contributed by atoms with van der Waals surface area (Å²) in [5, 5.41) is 11.4. The molecule has 2 rings (SSSR count). The second kappa shape index (κ2) is 7.75. The van der Waals surface area contributed by atoms with E-state index in [1.54, 1.807) is 23.9 Å². The maximum Gasteiger partial charge on any atom is 0.257 e. The molecule has 0 aliphatic carbocycles. The average Bonchev–Trinajstić information content (AvgIpc) is 2.86. The molecule has 2 aromatic rings. The molecule has 0 spiro atoms. The minimum Gasteiger partial charge on any atom is -0.296 e. The molecule has 0 saturated heterocycles. The third-order valence-corrected chi connectivity index (χ3v) is 4.99. The van der Waals surface area contributed by atoms with Gasteiger partial charge in [-0.2, -0.15) is 0 Å². The first-order valence-corrected chi connectivity index (χ1v) is 8.81. The minimum atomic E-state index is -0.174. The molecule has 4 nitrogen and oxygen atoms in total. The number of aromatic nitrogens is 2. The van der Waals surface area contributed by atoms with Gasteiger partial charge in [-0.3, -0.25) is 10.1 Å². The molecule has 1 N–H and O–H groups in total. The van der Waals surface area contributed by atoms with E-state index >= 15 is 0 Å². The Hall–Kier alpha value is -0.920. The van der Waals surface area contributed by atoms with Crippen LogP contribution in [0.25, 0.3) is 0 Å². The first-order chi connectivity index (χ1) is 9.69. The SMILES string of the molecule is CCCCSc1nnc(NC(=O)c2cccc(Br)c2)s1. The fraction of sp³-hybridized carbons (Fsp3) is 0.308. The zero-order chi connectivity index (χ0) is 14.4. The lowest BCUT2D eigenvalue weighted by Crippen LogP contribution is -2.11. The molecule has 0 radical (unpaired) electrons. The number of hydrogen-bond donors (Lipinski definition) is 1. The van der Waals surface area contributed by atoms with Gasteiger partial charge in [0.2, 0.25) is 5.13 Å². The molecule has 0 saturated carbocycles. The van der Waals surface area contributed by atoms with E-state index in [-0.39, 0.29) is 5.91 Å². The molecule has 20 heavy (non-hydrogen) atoms. The van der Waals surface area contributed by atoms with Crippen molar-refractivity contribution >= 4 is 50.1 Å². The van der Waals surface area contributed by atoms with Gasteiger partial charge in [0.1, 0.15) is 0 Å². The van der Waals surface area contributed by atoms with Crippen LogP contribution in [0.3, 0.4) is 0 Å². The van der Waals surface area contributed by atoms with Gasteiger partial charge in [0.15, 0.2) is 4.34 Å². The Morgan fingerprint density at radius 1 is 1.45 bits per heavy atom. The number of nitrogens with one attached hydrogen (secondary N) is 1. The number of carbonyl (C=O) groups excluding carboxylic acids is 1. The molecule has 1 amide bonds. The molecule has 0 bridgehead atoms. The van der Waals surface area contributed by atoms with Gasteiger partial charge < -0.3 is 0 Å². The van der Waals surface area contributed by atoms with Crippen LogP contribution in [0.15, 0.2) is 33.1 Å². The number of carbonyl (C=O) groups is 1. The van der Waals surface area contributed by atoms with Crippen molar-refractivity contribution in [3.8, 4) is 0 Å². The summed E-state index contributed by atoms with van der Waals surface area (Å²) < 4.78 is 1.77. The van der Waals surface area contributed by atoms with Crippen LogP contribution in [-0.4, -0.2) is 21.9 Å². The number of unbranched alkanes of at least 4 members (excludes halogenated alkanes) is 1. The Morgan fingerprint density at radius 2 is 2.30 bits per heavy atom. The molecular weight excluding hydrogens is 358 g/mol. The zero-order valence-corrected chi connectivity index (χ0v) is 14.1. The van der Waals surface area contributed by atoms with Gasteiger partial charge in [0, 0.05) is 15.8 Å². The van der Waals surface area contributed by atoms with Crippen LogP contribution in [0.4, 0.5) is 5.13 Å². The van der Waals surface area contributed by atoms with Crippen LogP contribution < -0.4 is 5.32 Å². The number of thioether (sulfide) groups is 1. The van der Waals surface area contributed by atoms with Crippen molar-refractivity contribution in [3.05, 3.63) is 34.3 Å². The molecule has 0 aliphatic heterocycles. The van der Waals surface area contributed by atoms with Gasteiger partial charge in [-0.05, 0) is 24.6 Å². The van der Waals surface area contributed by atoms with Gasteiger partial charge in [0.05, 0.1) is 0 Å². The summed E-state index contributed by atoms with van der Waals surface area (Å²) in [7, 11) is 0. The van der Waals surface area contributed by atoms with Crippen molar-refractivity contribution in [2.24, 2.45) is 0 Å². The lowest BCUT2D eigenvalue weighted by molar-refractivity contribution is 0.102. The lowest BCUT2D eigenvalue weighted by Gasteiger charge is -2.01. The van der Waals surface area contributed by atoms with Crippen molar-refractivity contribution in [2.75, 3.05) is 11.1 Å². The quantitative estimate of drug-likeness (QED) is 0.463. The first-order valence-electron chi connectivity index (χ1n) is 6.22. The van der Waals surface area contributed by atoms with Crippen LogP contribution in [-0.2, 0) is 0 Å². The van der Waals surface area contributed by atoms with Crippen molar-refractivity contribution in [3.63, 3.8) is 0 Å². The maximum atomic E-state index is 12.0. The first kappa shape index (κ1) is 15.5. The Kier molecular flexibility index (Phi) is 6.00. The summed E-state index contributed by atoms with van der Waals surface area (Å²) in [6, 6.07) is 7.24. The fourth-order valence-electron chi connectivity index (χ4n) is 1.42. The van der Waals surface area contributed by atoms with E-state index in [1.165, 1.54) is 11.3 Å². The molecular formula is C13H14BrN3OS2. The van der Waals surface area contributed by atoms with Crippen molar-refractivity contribution in [1.29, 1.82) is 0 Å². The summed E-state index contributed by atoms with van der Waals surface area (Å²) >= 11 is 6.43. The monoisotopic (exact) mass is 371 g/mol. The van der Waals surface area contributed by atoms with E-state index in [0.29, 0.717) is 10.7 Å². The van der Waals surface area contributed by atoms with Gasteiger partial charge >= 0.3 is 0 Å². The topological polar surface area (TPSA) is 54.9 Å². The van der Waals surface area contributed by atoms with E-state index in [4.69, 9.17) is 0 Å². The van der Waals surface area contributed by atoms with Gasteiger partial charge in [-0.1, -0.05) is 58.4 Å². The molecule has 1 aromatic heterocycles. The van der Waals surface area contributed by atoms with E-state index in [2.05, 4.69) is 38.4 Å². The van der Waals surface area contributed by atoms with Gasteiger partial charge in [-0.15, -0.1) is 10.2 Å². The molecule has 7 heteroatoms. The van der Waals surface area contributed by atoms with E-state index < -0.39 is 0 Å². The van der Waals surface area contributed by atoms with Crippen LogP contribution >= 0.6 is 39.0 Å². The Morgan fingerprint density at radius 3 is 3.05 bits per heavy atom. The Bertz CT molecular complexity index is 589. The highest BCUT2D eigenvalue weighted by molar-refractivity contribution is 9.10. The highest BCUT2D eigenvalue weighted by Gasteiger charge is 2.10. The van der Waals surface area contributed by atoms with E-state index in [1.807, 2.05) is 12.1 Å². The predicted molar refractivity (Wildman–Crippen MR) is 87.6 cm³/mol. The second-order valence-corrected chi connectivity index (χ2v) is 7.27. The standard InChI is InChI=1S/C13H14BrN3OS2/c1-2-3-7-19-13-17-16-12(20-13)15-11(18)9-5-4-6-10(14)8-9/h4-6,8H,2-3,7H2,1H3,(H,15,16,18). The van der Waals surface area contributed by atoms with E-state index in [0.717, 1.165) is 27.4 Å². The second-order valence-electron chi connectivity index (χ2n) is 4.04.